The molecule has 1 aromatic heterocycles. The van der Waals surface area contributed by atoms with Crippen molar-refractivity contribution in [2.24, 2.45) is 0 Å². The van der Waals surface area contributed by atoms with Gasteiger partial charge >= 0.3 is 0 Å². The zero-order valence-corrected chi connectivity index (χ0v) is 19.2. The Labute approximate surface area is 181 Å². The summed E-state index contributed by atoms with van der Waals surface area (Å²) in [5.74, 6) is 0. The molecule has 2 N–H and O–H groups in total. The monoisotopic (exact) mass is 500 g/mol. The van der Waals surface area contributed by atoms with Gasteiger partial charge in [0.1, 0.15) is 6.17 Å². The van der Waals surface area contributed by atoms with Gasteiger partial charge in [-0.2, -0.15) is 0 Å². The van der Waals surface area contributed by atoms with Gasteiger partial charge in [-0.15, -0.1) is 0 Å². The zero-order valence-electron chi connectivity index (χ0n) is 16.0. The molecule has 144 valence electrons. The van der Waals surface area contributed by atoms with Crippen LogP contribution in [0.5, 0.6) is 0 Å². The molecule has 28 heavy (non-hydrogen) atoms. The first-order valence-corrected chi connectivity index (χ1v) is 10.8. The molecule has 2 unspecified atom stereocenters. The van der Waals surface area contributed by atoms with Crippen LogP contribution in [0.3, 0.4) is 0 Å². The van der Waals surface area contributed by atoms with Gasteiger partial charge < -0.3 is 15.0 Å². The molecule has 0 amide bonds. The SMILES string of the molecule is Cc1ccc(NC(C(C)O)n2c3ccc(Br)cc3c3cc(Br)ccc32)cc1C. The van der Waals surface area contributed by atoms with Crippen LogP contribution in [0.1, 0.15) is 24.2 Å². The number of aromatic nitrogens is 1. The summed E-state index contributed by atoms with van der Waals surface area (Å²) in [6.45, 7) is 6.04. The third-order valence-electron chi connectivity index (χ3n) is 5.28. The first kappa shape index (κ1) is 19.5. The average molecular weight is 502 g/mol. The fraction of sp³-hybridized carbons (Fsp3) is 0.217. The molecule has 0 radical (unpaired) electrons. The second kappa shape index (κ2) is 7.54. The summed E-state index contributed by atoms with van der Waals surface area (Å²) in [5, 5.41) is 16.5. The van der Waals surface area contributed by atoms with Gasteiger partial charge in [0.2, 0.25) is 0 Å². The van der Waals surface area contributed by atoms with E-state index in [1.165, 1.54) is 11.1 Å². The molecule has 1 heterocycles. The maximum absolute atomic E-state index is 10.7. The van der Waals surface area contributed by atoms with Gasteiger partial charge in [0, 0.05) is 25.4 Å². The molecule has 0 saturated carbocycles. The molecule has 0 aliphatic rings. The number of fused-ring (bicyclic) bond motifs is 3. The van der Waals surface area contributed by atoms with Crippen LogP contribution in [0.25, 0.3) is 21.8 Å². The maximum atomic E-state index is 10.7. The Bertz CT molecular complexity index is 1120. The third-order valence-corrected chi connectivity index (χ3v) is 6.27. The molecule has 0 aliphatic carbocycles. The van der Waals surface area contributed by atoms with Gasteiger partial charge in [0.25, 0.3) is 0 Å². The van der Waals surface area contributed by atoms with Crippen molar-refractivity contribution < 1.29 is 5.11 Å². The summed E-state index contributed by atoms with van der Waals surface area (Å²) in [5.41, 5.74) is 5.64. The van der Waals surface area contributed by atoms with E-state index in [0.717, 1.165) is 36.4 Å². The maximum Gasteiger partial charge on any atom is 0.130 e. The summed E-state index contributed by atoms with van der Waals surface area (Å²) in [4.78, 5) is 0. The van der Waals surface area contributed by atoms with Gasteiger partial charge in [-0.25, -0.2) is 0 Å². The second-order valence-electron chi connectivity index (χ2n) is 7.32. The van der Waals surface area contributed by atoms with Crippen LogP contribution in [0.4, 0.5) is 5.69 Å². The van der Waals surface area contributed by atoms with E-state index in [0.29, 0.717) is 0 Å². The highest BCUT2D eigenvalue weighted by molar-refractivity contribution is 9.10. The van der Waals surface area contributed by atoms with E-state index in [1.807, 2.05) is 19.1 Å². The molecule has 5 heteroatoms. The highest BCUT2D eigenvalue weighted by Crippen LogP contribution is 2.36. The van der Waals surface area contributed by atoms with Crippen molar-refractivity contribution in [3.8, 4) is 0 Å². The second-order valence-corrected chi connectivity index (χ2v) is 9.15. The lowest BCUT2D eigenvalue weighted by Crippen LogP contribution is -2.28. The largest absolute Gasteiger partial charge is 0.389 e. The number of anilines is 1. The number of nitrogens with zero attached hydrogens (tertiary/aromatic N) is 1. The highest BCUT2D eigenvalue weighted by Gasteiger charge is 2.23. The van der Waals surface area contributed by atoms with Crippen molar-refractivity contribution in [2.75, 3.05) is 5.32 Å². The quantitative estimate of drug-likeness (QED) is 0.318. The van der Waals surface area contributed by atoms with Gasteiger partial charge in [-0.1, -0.05) is 37.9 Å². The number of benzene rings is 3. The van der Waals surface area contributed by atoms with E-state index < -0.39 is 6.10 Å². The Hall–Kier alpha value is -1.82. The normalized spacial score (nSPS) is 13.8. The van der Waals surface area contributed by atoms with E-state index in [-0.39, 0.29) is 6.17 Å². The van der Waals surface area contributed by atoms with Crippen LogP contribution < -0.4 is 5.32 Å². The lowest BCUT2D eigenvalue weighted by molar-refractivity contribution is 0.147. The minimum atomic E-state index is -0.590. The standard InChI is InChI=1S/C23H22Br2N2O/c1-13-4-7-18(10-14(13)2)26-23(15(3)28)27-21-8-5-16(24)11-19(21)20-12-17(25)6-9-22(20)27/h4-12,15,23,26,28H,1-3H3. The van der Waals surface area contributed by atoms with Crippen LogP contribution in [0, 0.1) is 13.8 Å². The van der Waals surface area contributed by atoms with Crippen LogP contribution in [0.2, 0.25) is 0 Å². The van der Waals surface area contributed by atoms with Crippen molar-refractivity contribution in [1.82, 2.24) is 4.57 Å². The van der Waals surface area contributed by atoms with E-state index in [1.54, 1.807) is 0 Å². The first-order valence-electron chi connectivity index (χ1n) is 9.26. The Morgan fingerprint density at radius 2 is 1.39 bits per heavy atom. The van der Waals surface area contributed by atoms with Crippen LogP contribution in [-0.4, -0.2) is 15.8 Å². The van der Waals surface area contributed by atoms with Gasteiger partial charge in [-0.05, 0) is 80.4 Å². The molecule has 0 fully saturated rings. The summed E-state index contributed by atoms with van der Waals surface area (Å²) < 4.78 is 4.27. The molecule has 0 saturated heterocycles. The Morgan fingerprint density at radius 3 is 1.89 bits per heavy atom. The van der Waals surface area contributed by atoms with Crippen molar-refractivity contribution >= 4 is 59.4 Å². The molecular formula is C23H22Br2N2O. The van der Waals surface area contributed by atoms with Crippen LogP contribution in [-0.2, 0) is 0 Å². The lowest BCUT2D eigenvalue weighted by Gasteiger charge is -2.26. The van der Waals surface area contributed by atoms with Gasteiger partial charge in [-0.3, -0.25) is 0 Å². The highest BCUT2D eigenvalue weighted by atomic mass is 79.9. The molecular weight excluding hydrogens is 480 g/mol. The van der Waals surface area contributed by atoms with Crippen LogP contribution >= 0.6 is 31.9 Å². The average Bonchev–Trinajstić information content (AvgIpc) is 2.95. The Balaban J connectivity index is 1.93. The molecule has 0 aliphatic heterocycles. The van der Waals surface area contributed by atoms with Crippen LogP contribution in [0.15, 0.2) is 63.5 Å². The number of aliphatic hydroxyl groups excluding tert-OH is 1. The number of halogens is 2. The van der Waals surface area contributed by atoms with Gasteiger partial charge in [0.15, 0.2) is 0 Å². The number of hydrogen-bond acceptors (Lipinski definition) is 2. The Kier molecular flexibility index (Phi) is 5.25. The minimum Gasteiger partial charge on any atom is -0.389 e. The number of aryl methyl sites for hydroxylation is 2. The fourth-order valence-corrected chi connectivity index (χ4v) is 4.42. The summed E-state index contributed by atoms with van der Waals surface area (Å²) in [7, 11) is 0. The number of nitrogens with one attached hydrogen (secondary N) is 1. The predicted octanol–water partition coefficient (Wildman–Crippen LogP) is 6.93. The van der Waals surface area contributed by atoms with E-state index in [9.17, 15) is 5.11 Å². The smallest absolute Gasteiger partial charge is 0.130 e. The predicted molar refractivity (Wildman–Crippen MR) is 125 cm³/mol. The molecule has 0 bridgehead atoms. The van der Waals surface area contributed by atoms with Crippen molar-refractivity contribution in [1.29, 1.82) is 0 Å². The van der Waals surface area contributed by atoms with Gasteiger partial charge in [0.05, 0.1) is 17.1 Å². The molecule has 4 rings (SSSR count). The summed E-state index contributed by atoms with van der Waals surface area (Å²) in [6, 6.07) is 18.9. The fourth-order valence-electron chi connectivity index (χ4n) is 3.70. The molecule has 3 aromatic carbocycles. The first-order chi connectivity index (χ1) is 13.3. The molecule has 3 nitrogen and oxygen atoms in total. The summed E-state index contributed by atoms with van der Waals surface area (Å²) in [6.07, 6.45) is -0.892. The number of hydrogen-bond donors (Lipinski definition) is 2. The van der Waals surface area contributed by atoms with Crippen molar-refractivity contribution in [3.05, 3.63) is 74.7 Å². The number of rotatable bonds is 4. The number of aliphatic hydroxyl groups is 1. The lowest BCUT2D eigenvalue weighted by atomic mass is 10.1. The zero-order chi connectivity index (χ0) is 20.0. The topological polar surface area (TPSA) is 37.2 Å². The Morgan fingerprint density at radius 1 is 0.821 bits per heavy atom. The van der Waals surface area contributed by atoms with Crippen molar-refractivity contribution in [2.45, 2.75) is 33.0 Å². The molecule has 0 spiro atoms. The minimum absolute atomic E-state index is 0.301. The van der Waals surface area contributed by atoms with Crippen molar-refractivity contribution in [3.63, 3.8) is 0 Å². The summed E-state index contributed by atoms with van der Waals surface area (Å²) >= 11 is 7.19. The van der Waals surface area contributed by atoms with E-state index >= 15 is 0 Å². The van der Waals surface area contributed by atoms with E-state index in [2.05, 4.69) is 98.1 Å². The van der Waals surface area contributed by atoms with E-state index in [4.69, 9.17) is 0 Å². The molecule has 4 aromatic rings. The third kappa shape index (κ3) is 3.47. The molecule has 2 atom stereocenters.